The number of nitrogens with zero attached hydrogens (tertiary/aromatic N) is 1. The number of benzene rings is 1. The van der Waals surface area contributed by atoms with Crippen LogP contribution in [0.15, 0.2) is 36.5 Å². The Bertz CT molecular complexity index is 590. The van der Waals surface area contributed by atoms with Gasteiger partial charge in [0.25, 0.3) is 0 Å². The summed E-state index contributed by atoms with van der Waals surface area (Å²) in [5.41, 5.74) is 1.20. The molecule has 0 aliphatic carbocycles. The highest BCUT2D eigenvalue weighted by molar-refractivity contribution is 6.42. The molecule has 0 fully saturated rings. The zero-order valence-corrected chi connectivity index (χ0v) is 12.5. The fraction of sp³-hybridized carbons (Fsp3) is 0.267. The molecule has 0 spiro atoms. The lowest BCUT2D eigenvalue weighted by Crippen LogP contribution is -2.25. The summed E-state index contributed by atoms with van der Waals surface area (Å²) in [6, 6.07) is 7.91. The monoisotopic (exact) mass is 312 g/mol. The van der Waals surface area contributed by atoms with E-state index in [1.54, 1.807) is 24.4 Å². The van der Waals surface area contributed by atoms with Crippen LogP contribution < -0.4 is 5.32 Å². The topological polar surface area (TPSA) is 24.9 Å². The maximum absolute atomic E-state index is 14.0. The number of aromatic nitrogens is 1. The smallest absolute Gasteiger partial charge is 0.146 e. The van der Waals surface area contributed by atoms with Crippen LogP contribution in [0.4, 0.5) is 4.39 Å². The molecule has 106 valence electrons. The molecule has 1 aromatic heterocycles. The minimum absolute atomic E-state index is 0.341. The van der Waals surface area contributed by atoms with E-state index in [9.17, 15) is 4.39 Å². The third-order valence-corrected chi connectivity index (χ3v) is 3.67. The summed E-state index contributed by atoms with van der Waals surface area (Å²) < 4.78 is 14.0. The number of halogens is 3. The van der Waals surface area contributed by atoms with Gasteiger partial charge in [0.2, 0.25) is 0 Å². The van der Waals surface area contributed by atoms with Crippen molar-refractivity contribution >= 4 is 23.2 Å². The third kappa shape index (κ3) is 3.48. The van der Waals surface area contributed by atoms with Gasteiger partial charge in [0.05, 0.1) is 21.8 Å². The Kier molecular flexibility index (Phi) is 5.35. The van der Waals surface area contributed by atoms with Crippen LogP contribution in [0.1, 0.15) is 30.6 Å². The van der Waals surface area contributed by atoms with E-state index in [-0.39, 0.29) is 11.9 Å². The lowest BCUT2D eigenvalue weighted by molar-refractivity contribution is 0.531. The summed E-state index contributed by atoms with van der Waals surface area (Å²) in [6.45, 7) is 2.80. The molecular weight excluding hydrogens is 298 g/mol. The van der Waals surface area contributed by atoms with Crippen molar-refractivity contribution in [3.05, 3.63) is 63.6 Å². The van der Waals surface area contributed by atoms with E-state index in [4.69, 9.17) is 23.2 Å². The zero-order valence-electron chi connectivity index (χ0n) is 11.0. The number of nitrogens with one attached hydrogen (secondary N) is 1. The van der Waals surface area contributed by atoms with Gasteiger partial charge in [-0.25, -0.2) is 4.39 Å². The van der Waals surface area contributed by atoms with E-state index in [0.717, 1.165) is 18.5 Å². The van der Waals surface area contributed by atoms with Crippen molar-refractivity contribution in [2.24, 2.45) is 0 Å². The molecule has 2 aromatic rings. The standard InChI is InChI=1S/C15H15Cl2FN2/c1-2-7-19-14(15-13(18)4-3-8-20-15)10-5-6-11(16)12(17)9-10/h3-6,8-9,14,19H,2,7H2,1H3. The number of rotatable bonds is 5. The van der Waals surface area contributed by atoms with Crippen LogP contribution >= 0.6 is 23.2 Å². The average Bonchev–Trinajstić information content (AvgIpc) is 2.44. The summed E-state index contributed by atoms with van der Waals surface area (Å²) in [5, 5.41) is 4.21. The van der Waals surface area contributed by atoms with Crippen LogP contribution in [0.2, 0.25) is 10.0 Å². The lowest BCUT2D eigenvalue weighted by Gasteiger charge is -2.19. The van der Waals surface area contributed by atoms with Gasteiger partial charge in [-0.3, -0.25) is 4.98 Å². The van der Waals surface area contributed by atoms with Gasteiger partial charge in [-0.1, -0.05) is 36.2 Å². The van der Waals surface area contributed by atoms with Gasteiger partial charge in [-0.05, 0) is 42.8 Å². The van der Waals surface area contributed by atoms with E-state index in [1.165, 1.54) is 6.07 Å². The second-order valence-corrected chi connectivity index (χ2v) is 5.25. The second-order valence-electron chi connectivity index (χ2n) is 4.43. The fourth-order valence-electron chi connectivity index (χ4n) is 1.96. The molecule has 1 aromatic carbocycles. The molecule has 20 heavy (non-hydrogen) atoms. The normalized spacial score (nSPS) is 12.4. The van der Waals surface area contributed by atoms with Crippen LogP contribution in [0.3, 0.4) is 0 Å². The summed E-state index contributed by atoms with van der Waals surface area (Å²) in [5.74, 6) is -0.341. The van der Waals surface area contributed by atoms with E-state index in [0.29, 0.717) is 15.7 Å². The highest BCUT2D eigenvalue weighted by atomic mass is 35.5. The van der Waals surface area contributed by atoms with Gasteiger partial charge in [-0.2, -0.15) is 0 Å². The molecule has 2 rings (SSSR count). The Morgan fingerprint density at radius 3 is 2.70 bits per heavy atom. The van der Waals surface area contributed by atoms with Gasteiger partial charge in [0, 0.05) is 6.20 Å². The molecule has 0 aliphatic heterocycles. The van der Waals surface area contributed by atoms with Gasteiger partial charge in [-0.15, -0.1) is 0 Å². The van der Waals surface area contributed by atoms with Crippen LogP contribution in [0.5, 0.6) is 0 Å². The Hall–Kier alpha value is -1.16. The SMILES string of the molecule is CCCNC(c1ccc(Cl)c(Cl)c1)c1ncccc1F. The fourth-order valence-corrected chi connectivity index (χ4v) is 2.27. The Labute approximate surface area is 127 Å². The highest BCUT2D eigenvalue weighted by Gasteiger charge is 2.19. The quantitative estimate of drug-likeness (QED) is 0.871. The predicted molar refractivity (Wildman–Crippen MR) is 80.8 cm³/mol. The van der Waals surface area contributed by atoms with Crippen molar-refractivity contribution in [3.8, 4) is 0 Å². The Morgan fingerprint density at radius 1 is 1.25 bits per heavy atom. The molecule has 1 N–H and O–H groups in total. The third-order valence-electron chi connectivity index (χ3n) is 2.94. The van der Waals surface area contributed by atoms with E-state index in [1.807, 2.05) is 13.0 Å². The van der Waals surface area contributed by atoms with E-state index >= 15 is 0 Å². The minimum Gasteiger partial charge on any atom is -0.305 e. The average molecular weight is 313 g/mol. The van der Waals surface area contributed by atoms with Crippen molar-refractivity contribution in [1.29, 1.82) is 0 Å². The lowest BCUT2D eigenvalue weighted by atomic mass is 10.0. The first-order valence-corrected chi connectivity index (χ1v) is 7.17. The first-order chi connectivity index (χ1) is 9.63. The van der Waals surface area contributed by atoms with Crippen LogP contribution in [-0.2, 0) is 0 Å². The van der Waals surface area contributed by atoms with Crippen molar-refractivity contribution in [2.45, 2.75) is 19.4 Å². The molecule has 0 aliphatic rings. The summed E-state index contributed by atoms with van der Waals surface area (Å²) in [7, 11) is 0. The van der Waals surface area contributed by atoms with Crippen LogP contribution in [0, 0.1) is 5.82 Å². The second kappa shape index (κ2) is 7.02. The Balaban J connectivity index is 2.41. The van der Waals surface area contributed by atoms with Crippen LogP contribution in [0.25, 0.3) is 0 Å². The molecule has 1 atom stereocenters. The largest absolute Gasteiger partial charge is 0.305 e. The maximum Gasteiger partial charge on any atom is 0.146 e. The maximum atomic E-state index is 14.0. The summed E-state index contributed by atoms with van der Waals surface area (Å²) >= 11 is 12.0. The van der Waals surface area contributed by atoms with E-state index < -0.39 is 0 Å². The summed E-state index contributed by atoms with van der Waals surface area (Å²) in [6.07, 6.45) is 2.52. The molecule has 0 saturated carbocycles. The highest BCUT2D eigenvalue weighted by Crippen LogP contribution is 2.29. The molecule has 1 unspecified atom stereocenters. The molecule has 2 nitrogen and oxygen atoms in total. The molecular formula is C15H15Cl2FN2. The van der Waals surface area contributed by atoms with Gasteiger partial charge in [0.15, 0.2) is 0 Å². The predicted octanol–water partition coefficient (Wildman–Crippen LogP) is 4.62. The van der Waals surface area contributed by atoms with Crippen molar-refractivity contribution in [3.63, 3.8) is 0 Å². The van der Waals surface area contributed by atoms with Crippen molar-refractivity contribution in [1.82, 2.24) is 10.3 Å². The molecule has 1 heterocycles. The number of pyridine rings is 1. The van der Waals surface area contributed by atoms with Crippen LogP contribution in [-0.4, -0.2) is 11.5 Å². The van der Waals surface area contributed by atoms with Crippen molar-refractivity contribution < 1.29 is 4.39 Å². The zero-order chi connectivity index (χ0) is 14.5. The van der Waals surface area contributed by atoms with Gasteiger partial charge >= 0.3 is 0 Å². The molecule has 5 heteroatoms. The molecule has 0 radical (unpaired) electrons. The summed E-state index contributed by atoms with van der Waals surface area (Å²) in [4.78, 5) is 4.15. The number of hydrogen-bond acceptors (Lipinski definition) is 2. The van der Waals surface area contributed by atoms with E-state index in [2.05, 4.69) is 10.3 Å². The molecule has 0 bridgehead atoms. The number of hydrogen-bond donors (Lipinski definition) is 1. The molecule has 0 amide bonds. The van der Waals surface area contributed by atoms with Crippen molar-refractivity contribution in [2.75, 3.05) is 6.54 Å². The Morgan fingerprint density at radius 2 is 2.05 bits per heavy atom. The minimum atomic E-state index is -0.342. The first-order valence-electron chi connectivity index (χ1n) is 6.42. The van der Waals surface area contributed by atoms with Gasteiger partial charge in [0.1, 0.15) is 5.82 Å². The first kappa shape index (κ1) is 15.2. The van der Waals surface area contributed by atoms with Gasteiger partial charge < -0.3 is 5.32 Å². The molecule has 0 saturated heterocycles.